The molecule has 1 aromatic heterocycles. The van der Waals surface area contributed by atoms with Crippen molar-refractivity contribution in [1.29, 1.82) is 0 Å². The van der Waals surface area contributed by atoms with Crippen LogP contribution in [0.4, 0.5) is 0 Å². The Morgan fingerprint density at radius 1 is 1.57 bits per heavy atom. The summed E-state index contributed by atoms with van der Waals surface area (Å²) in [4.78, 5) is 15.2. The zero-order chi connectivity index (χ0) is 10.6. The van der Waals surface area contributed by atoms with Crippen LogP contribution in [0.5, 0.6) is 5.88 Å². The van der Waals surface area contributed by atoms with Gasteiger partial charge in [-0.3, -0.25) is 0 Å². The van der Waals surface area contributed by atoms with Gasteiger partial charge in [-0.1, -0.05) is 0 Å². The Morgan fingerprint density at radius 3 is 2.79 bits per heavy atom. The van der Waals surface area contributed by atoms with Crippen molar-refractivity contribution < 1.29 is 14.3 Å². The van der Waals surface area contributed by atoms with E-state index >= 15 is 0 Å². The topological polar surface area (TPSA) is 48.4 Å². The fraction of sp³-hybridized carbons (Fsp3) is 0.400. The molecule has 4 nitrogen and oxygen atoms in total. The van der Waals surface area contributed by atoms with E-state index in [1.54, 1.807) is 6.07 Å². The lowest BCUT2D eigenvalue weighted by Gasteiger charge is -2.05. The van der Waals surface area contributed by atoms with Crippen LogP contribution in [-0.2, 0) is 4.74 Å². The van der Waals surface area contributed by atoms with Crippen LogP contribution in [0.25, 0.3) is 0 Å². The van der Waals surface area contributed by atoms with Crippen molar-refractivity contribution in [3.63, 3.8) is 0 Å². The van der Waals surface area contributed by atoms with Crippen molar-refractivity contribution in [3.8, 4) is 5.88 Å². The fourth-order valence-corrected chi connectivity index (χ4v) is 1.08. The van der Waals surface area contributed by atoms with Crippen LogP contribution in [0.2, 0.25) is 0 Å². The van der Waals surface area contributed by atoms with Crippen molar-refractivity contribution in [2.24, 2.45) is 0 Å². The van der Waals surface area contributed by atoms with Crippen LogP contribution in [-0.4, -0.2) is 24.7 Å². The van der Waals surface area contributed by atoms with Gasteiger partial charge >= 0.3 is 5.97 Å². The molecule has 0 aliphatic carbocycles. The van der Waals surface area contributed by atoms with Gasteiger partial charge in [-0.15, -0.1) is 0 Å². The molecule has 0 aliphatic rings. The standard InChI is InChI=1S/C10H13NO3/c1-4-14-9-5-7(2)8(6-11-9)10(12)13-3/h5-6H,4H2,1-3H3. The maximum absolute atomic E-state index is 11.2. The molecule has 1 heterocycles. The molecule has 14 heavy (non-hydrogen) atoms. The number of nitrogens with zero attached hydrogens (tertiary/aromatic N) is 1. The summed E-state index contributed by atoms with van der Waals surface area (Å²) in [6, 6.07) is 1.72. The largest absolute Gasteiger partial charge is 0.478 e. The Labute approximate surface area is 82.9 Å². The van der Waals surface area contributed by atoms with E-state index in [1.165, 1.54) is 13.3 Å². The lowest BCUT2D eigenvalue weighted by molar-refractivity contribution is 0.0599. The number of hydrogen-bond acceptors (Lipinski definition) is 4. The predicted molar refractivity (Wildman–Crippen MR) is 51.5 cm³/mol. The van der Waals surface area contributed by atoms with E-state index in [4.69, 9.17) is 4.74 Å². The molecule has 1 aromatic rings. The predicted octanol–water partition coefficient (Wildman–Crippen LogP) is 1.58. The second-order valence-electron chi connectivity index (χ2n) is 2.76. The van der Waals surface area contributed by atoms with E-state index < -0.39 is 0 Å². The Kier molecular flexibility index (Phi) is 3.45. The Hall–Kier alpha value is -1.58. The van der Waals surface area contributed by atoms with Crippen molar-refractivity contribution in [3.05, 3.63) is 23.4 Å². The van der Waals surface area contributed by atoms with Crippen LogP contribution >= 0.6 is 0 Å². The summed E-state index contributed by atoms with van der Waals surface area (Å²) in [6.07, 6.45) is 1.46. The lowest BCUT2D eigenvalue weighted by Crippen LogP contribution is -2.05. The highest BCUT2D eigenvalue weighted by Crippen LogP contribution is 2.14. The van der Waals surface area contributed by atoms with Crippen LogP contribution in [0, 0.1) is 6.92 Å². The van der Waals surface area contributed by atoms with Crippen LogP contribution in [0.3, 0.4) is 0 Å². The molecule has 0 N–H and O–H groups in total. The molecular formula is C10H13NO3. The number of carbonyl (C=O) groups excluding carboxylic acids is 1. The smallest absolute Gasteiger partial charge is 0.339 e. The second kappa shape index (κ2) is 4.60. The fourth-order valence-electron chi connectivity index (χ4n) is 1.08. The SMILES string of the molecule is CCOc1cc(C)c(C(=O)OC)cn1. The Balaban J connectivity index is 2.95. The summed E-state index contributed by atoms with van der Waals surface area (Å²) in [5, 5.41) is 0. The van der Waals surface area contributed by atoms with Gasteiger partial charge in [0.15, 0.2) is 0 Å². The monoisotopic (exact) mass is 195 g/mol. The first-order valence-corrected chi connectivity index (χ1v) is 4.36. The Morgan fingerprint density at radius 2 is 2.29 bits per heavy atom. The number of aromatic nitrogens is 1. The third-order valence-corrected chi connectivity index (χ3v) is 1.78. The molecule has 0 aliphatic heterocycles. The summed E-state index contributed by atoms with van der Waals surface area (Å²) in [5.41, 5.74) is 1.27. The van der Waals surface area contributed by atoms with E-state index in [2.05, 4.69) is 9.72 Å². The first-order chi connectivity index (χ1) is 6.69. The average Bonchev–Trinajstić information content (AvgIpc) is 2.17. The minimum atomic E-state index is -0.377. The molecule has 0 saturated heterocycles. The van der Waals surface area contributed by atoms with Gasteiger partial charge in [0.2, 0.25) is 5.88 Å². The summed E-state index contributed by atoms with van der Waals surface area (Å²) in [5.74, 6) is 0.149. The number of esters is 1. The van der Waals surface area contributed by atoms with Gasteiger partial charge in [-0.05, 0) is 19.4 Å². The molecule has 76 valence electrons. The molecule has 0 spiro atoms. The number of hydrogen-bond donors (Lipinski definition) is 0. The summed E-state index contributed by atoms with van der Waals surface area (Å²) in [6.45, 7) is 4.26. The second-order valence-corrected chi connectivity index (χ2v) is 2.76. The molecule has 0 fully saturated rings. The maximum atomic E-state index is 11.2. The third kappa shape index (κ3) is 2.22. The minimum Gasteiger partial charge on any atom is -0.478 e. The number of rotatable bonds is 3. The minimum absolute atomic E-state index is 0.377. The normalized spacial score (nSPS) is 9.64. The highest BCUT2D eigenvalue weighted by atomic mass is 16.5. The molecule has 0 atom stereocenters. The quantitative estimate of drug-likeness (QED) is 0.687. The van der Waals surface area contributed by atoms with E-state index in [-0.39, 0.29) is 5.97 Å². The van der Waals surface area contributed by atoms with Gasteiger partial charge in [-0.25, -0.2) is 9.78 Å². The highest BCUT2D eigenvalue weighted by Gasteiger charge is 2.10. The third-order valence-electron chi connectivity index (χ3n) is 1.78. The van der Waals surface area contributed by atoms with Gasteiger partial charge in [0.05, 0.1) is 19.3 Å². The van der Waals surface area contributed by atoms with Crippen LogP contribution in [0.15, 0.2) is 12.3 Å². The number of ether oxygens (including phenoxy) is 2. The van der Waals surface area contributed by atoms with E-state index in [0.29, 0.717) is 18.1 Å². The maximum Gasteiger partial charge on any atom is 0.339 e. The van der Waals surface area contributed by atoms with Gasteiger partial charge in [-0.2, -0.15) is 0 Å². The molecule has 1 rings (SSSR count). The molecule has 0 aromatic carbocycles. The van der Waals surface area contributed by atoms with Crippen molar-refractivity contribution in [2.75, 3.05) is 13.7 Å². The first kappa shape index (κ1) is 10.5. The molecule has 0 unspecified atom stereocenters. The number of aryl methyl sites for hydroxylation is 1. The van der Waals surface area contributed by atoms with Crippen LogP contribution in [0.1, 0.15) is 22.8 Å². The van der Waals surface area contributed by atoms with Gasteiger partial charge in [0.25, 0.3) is 0 Å². The number of carbonyl (C=O) groups is 1. The van der Waals surface area contributed by atoms with E-state index in [0.717, 1.165) is 5.56 Å². The first-order valence-electron chi connectivity index (χ1n) is 4.36. The Bertz CT molecular complexity index is 336. The van der Waals surface area contributed by atoms with E-state index in [1.807, 2.05) is 13.8 Å². The molecule has 4 heteroatoms. The molecule has 0 bridgehead atoms. The van der Waals surface area contributed by atoms with Gasteiger partial charge < -0.3 is 9.47 Å². The summed E-state index contributed by atoms with van der Waals surface area (Å²) < 4.78 is 9.79. The van der Waals surface area contributed by atoms with E-state index in [9.17, 15) is 4.79 Å². The molecule has 0 saturated carbocycles. The molecule has 0 amide bonds. The average molecular weight is 195 g/mol. The number of methoxy groups -OCH3 is 1. The van der Waals surface area contributed by atoms with Gasteiger partial charge in [0, 0.05) is 12.3 Å². The highest BCUT2D eigenvalue weighted by molar-refractivity contribution is 5.90. The molecular weight excluding hydrogens is 182 g/mol. The zero-order valence-electron chi connectivity index (χ0n) is 8.53. The van der Waals surface area contributed by atoms with Crippen molar-refractivity contribution in [1.82, 2.24) is 4.98 Å². The van der Waals surface area contributed by atoms with Crippen LogP contribution < -0.4 is 4.74 Å². The van der Waals surface area contributed by atoms with Gasteiger partial charge in [0.1, 0.15) is 0 Å². The lowest BCUT2D eigenvalue weighted by atomic mass is 10.1. The summed E-state index contributed by atoms with van der Waals surface area (Å²) >= 11 is 0. The zero-order valence-corrected chi connectivity index (χ0v) is 8.53. The van der Waals surface area contributed by atoms with Crippen molar-refractivity contribution >= 4 is 5.97 Å². The van der Waals surface area contributed by atoms with Crippen molar-refractivity contribution in [2.45, 2.75) is 13.8 Å². The number of pyridine rings is 1. The summed E-state index contributed by atoms with van der Waals surface area (Å²) in [7, 11) is 1.35. The molecule has 0 radical (unpaired) electrons.